The van der Waals surface area contributed by atoms with Gasteiger partial charge in [0.1, 0.15) is 5.82 Å². The zero-order chi connectivity index (χ0) is 19.0. The highest BCUT2D eigenvalue weighted by Gasteiger charge is 2.32. The molecule has 0 bridgehead atoms. The van der Waals surface area contributed by atoms with Crippen LogP contribution in [-0.4, -0.2) is 53.4 Å². The Morgan fingerprint density at radius 1 is 1.24 bits per heavy atom. The highest BCUT2D eigenvalue weighted by atomic mass is 19.1. The molecule has 0 unspecified atom stereocenters. The van der Waals surface area contributed by atoms with Crippen molar-refractivity contribution in [2.24, 2.45) is 11.3 Å². The first-order valence-electron chi connectivity index (χ1n) is 8.28. The molecule has 1 aromatic rings. The lowest BCUT2D eigenvalue weighted by molar-refractivity contribution is -0.144. The molecule has 140 valence electrons. The maximum Gasteiger partial charge on any atom is 0.317 e. The van der Waals surface area contributed by atoms with Crippen LogP contribution in [-0.2, 0) is 11.2 Å². The molecular formula is C18H27FN2O4. The molecule has 1 atom stereocenters. The van der Waals surface area contributed by atoms with Gasteiger partial charge in [-0.1, -0.05) is 32.9 Å². The molecule has 0 fully saturated rings. The van der Waals surface area contributed by atoms with Gasteiger partial charge < -0.3 is 20.4 Å². The van der Waals surface area contributed by atoms with Crippen LogP contribution in [0.3, 0.4) is 0 Å². The number of carboxylic acids is 1. The summed E-state index contributed by atoms with van der Waals surface area (Å²) < 4.78 is 12.9. The topological polar surface area (TPSA) is 89.9 Å². The first kappa shape index (κ1) is 20.9. The van der Waals surface area contributed by atoms with Crippen LogP contribution >= 0.6 is 0 Å². The minimum absolute atomic E-state index is 0.169. The monoisotopic (exact) mass is 354 g/mol. The molecule has 2 amide bonds. The predicted octanol–water partition coefficient (Wildman–Crippen LogP) is 2.12. The van der Waals surface area contributed by atoms with E-state index in [4.69, 9.17) is 10.2 Å². The average Bonchev–Trinajstić information content (AvgIpc) is 2.57. The van der Waals surface area contributed by atoms with E-state index in [0.717, 1.165) is 5.56 Å². The molecule has 0 spiro atoms. The summed E-state index contributed by atoms with van der Waals surface area (Å²) in [5, 5.41) is 21.0. The molecule has 6 nitrogen and oxygen atoms in total. The zero-order valence-electron chi connectivity index (χ0n) is 15.0. The van der Waals surface area contributed by atoms with Gasteiger partial charge in [-0.05, 0) is 29.5 Å². The quantitative estimate of drug-likeness (QED) is 0.634. The number of carbonyl (C=O) groups is 2. The first-order valence-corrected chi connectivity index (χ1v) is 8.28. The van der Waals surface area contributed by atoms with Gasteiger partial charge in [0.25, 0.3) is 0 Å². The van der Waals surface area contributed by atoms with Gasteiger partial charge in [-0.3, -0.25) is 4.79 Å². The van der Waals surface area contributed by atoms with Crippen molar-refractivity contribution >= 4 is 12.0 Å². The maximum atomic E-state index is 12.9. The van der Waals surface area contributed by atoms with E-state index < -0.39 is 17.3 Å². The number of aliphatic carboxylic acids is 1. The molecule has 3 N–H and O–H groups in total. The van der Waals surface area contributed by atoms with Crippen LogP contribution in [0.1, 0.15) is 26.3 Å². The maximum absolute atomic E-state index is 12.9. The molecular weight excluding hydrogens is 327 g/mol. The highest BCUT2D eigenvalue weighted by molar-refractivity contribution is 5.74. The second-order valence-electron chi connectivity index (χ2n) is 6.79. The number of amides is 2. The van der Waals surface area contributed by atoms with Crippen LogP contribution in [0.15, 0.2) is 24.3 Å². The van der Waals surface area contributed by atoms with Gasteiger partial charge in [0, 0.05) is 19.6 Å². The zero-order valence-corrected chi connectivity index (χ0v) is 15.0. The van der Waals surface area contributed by atoms with Gasteiger partial charge in [-0.15, -0.1) is 0 Å². The summed E-state index contributed by atoms with van der Waals surface area (Å²) in [6, 6.07) is 5.68. The molecule has 1 aromatic carbocycles. The molecule has 1 rings (SSSR count). The molecule has 0 radical (unpaired) electrons. The number of rotatable bonds is 9. The van der Waals surface area contributed by atoms with E-state index in [-0.39, 0.29) is 31.5 Å². The van der Waals surface area contributed by atoms with Crippen LogP contribution in [0.4, 0.5) is 9.18 Å². The van der Waals surface area contributed by atoms with E-state index >= 15 is 0 Å². The van der Waals surface area contributed by atoms with Crippen LogP contribution in [0.5, 0.6) is 0 Å². The number of carboxylic acid groups (broad SMARTS) is 1. The standard InChI is InChI=1S/C18H27FN2O4/c1-13(16(23)24)18(2,3)12-20-17(25)21(10-11-22)9-8-14-4-6-15(19)7-5-14/h4-7,13,22H,8-12H2,1-3H3,(H,20,25)(H,23,24)/t13-/m1/s1. The number of urea groups is 1. The SMILES string of the molecule is C[C@H](C(=O)O)C(C)(C)CNC(=O)N(CCO)CCc1ccc(F)cc1. The Labute approximate surface area is 147 Å². The van der Waals surface area contributed by atoms with E-state index in [0.29, 0.717) is 13.0 Å². The van der Waals surface area contributed by atoms with Crippen molar-refractivity contribution in [2.45, 2.75) is 27.2 Å². The number of hydrogen-bond donors (Lipinski definition) is 3. The van der Waals surface area contributed by atoms with Crippen LogP contribution in [0, 0.1) is 17.2 Å². The number of halogens is 1. The van der Waals surface area contributed by atoms with E-state index in [1.54, 1.807) is 32.9 Å². The second-order valence-corrected chi connectivity index (χ2v) is 6.79. The van der Waals surface area contributed by atoms with Gasteiger partial charge in [0.15, 0.2) is 0 Å². The molecule has 0 saturated carbocycles. The fourth-order valence-corrected chi connectivity index (χ4v) is 2.25. The summed E-state index contributed by atoms with van der Waals surface area (Å²) in [7, 11) is 0. The lowest BCUT2D eigenvalue weighted by Gasteiger charge is -2.31. The Morgan fingerprint density at radius 3 is 2.36 bits per heavy atom. The van der Waals surface area contributed by atoms with Crippen molar-refractivity contribution in [3.05, 3.63) is 35.6 Å². The first-order chi connectivity index (χ1) is 11.7. The minimum Gasteiger partial charge on any atom is -0.481 e. The van der Waals surface area contributed by atoms with Crippen molar-refractivity contribution in [3.8, 4) is 0 Å². The molecule has 0 aliphatic heterocycles. The van der Waals surface area contributed by atoms with Crippen LogP contribution < -0.4 is 5.32 Å². The largest absolute Gasteiger partial charge is 0.481 e. The third-order valence-electron chi connectivity index (χ3n) is 4.48. The smallest absolute Gasteiger partial charge is 0.317 e. The molecule has 0 aliphatic carbocycles. The van der Waals surface area contributed by atoms with Crippen molar-refractivity contribution in [3.63, 3.8) is 0 Å². The van der Waals surface area contributed by atoms with E-state index in [1.807, 2.05) is 0 Å². The van der Waals surface area contributed by atoms with Crippen molar-refractivity contribution < 1.29 is 24.2 Å². The highest BCUT2D eigenvalue weighted by Crippen LogP contribution is 2.25. The number of nitrogens with zero attached hydrogens (tertiary/aromatic N) is 1. The summed E-state index contributed by atoms with van der Waals surface area (Å²) in [6.45, 7) is 5.73. The Hall–Kier alpha value is -2.15. The number of hydrogen-bond acceptors (Lipinski definition) is 3. The van der Waals surface area contributed by atoms with Gasteiger partial charge >= 0.3 is 12.0 Å². The number of aliphatic hydroxyl groups is 1. The van der Waals surface area contributed by atoms with Crippen molar-refractivity contribution in [2.75, 3.05) is 26.2 Å². The van der Waals surface area contributed by atoms with Crippen LogP contribution in [0.2, 0.25) is 0 Å². The predicted molar refractivity (Wildman–Crippen MR) is 92.7 cm³/mol. The number of nitrogens with one attached hydrogen (secondary N) is 1. The third-order valence-corrected chi connectivity index (χ3v) is 4.48. The number of aliphatic hydroxyl groups excluding tert-OH is 1. The molecule has 0 heterocycles. The fourth-order valence-electron chi connectivity index (χ4n) is 2.25. The summed E-state index contributed by atoms with van der Waals surface area (Å²) in [6.07, 6.45) is 0.530. The molecule has 0 saturated heterocycles. The van der Waals surface area contributed by atoms with E-state index in [1.165, 1.54) is 17.0 Å². The van der Waals surface area contributed by atoms with E-state index in [2.05, 4.69) is 5.32 Å². The van der Waals surface area contributed by atoms with Gasteiger partial charge in [0.2, 0.25) is 0 Å². The lowest BCUT2D eigenvalue weighted by Crippen LogP contribution is -2.47. The van der Waals surface area contributed by atoms with Crippen molar-refractivity contribution in [1.29, 1.82) is 0 Å². The number of carbonyl (C=O) groups excluding carboxylic acids is 1. The lowest BCUT2D eigenvalue weighted by atomic mass is 9.80. The summed E-state index contributed by atoms with van der Waals surface area (Å²) in [5.74, 6) is -1.84. The second kappa shape index (κ2) is 9.36. The summed E-state index contributed by atoms with van der Waals surface area (Å²) >= 11 is 0. The molecule has 0 aromatic heterocycles. The van der Waals surface area contributed by atoms with E-state index in [9.17, 15) is 14.0 Å². The number of benzene rings is 1. The van der Waals surface area contributed by atoms with Crippen molar-refractivity contribution in [1.82, 2.24) is 10.2 Å². The molecule has 0 aliphatic rings. The molecule has 7 heteroatoms. The Balaban J connectivity index is 2.60. The summed E-state index contributed by atoms with van der Waals surface area (Å²) in [5.41, 5.74) is 0.278. The normalized spacial score (nSPS) is 12.5. The third kappa shape index (κ3) is 6.70. The van der Waals surface area contributed by atoms with Gasteiger partial charge in [-0.25, -0.2) is 9.18 Å². The average molecular weight is 354 g/mol. The summed E-state index contributed by atoms with van der Waals surface area (Å²) in [4.78, 5) is 24.9. The molecule has 25 heavy (non-hydrogen) atoms. The fraction of sp³-hybridized carbons (Fsp3) is 0.556. The minimum atomic E-state index is -0.914. The Kier molecular flexibility index (Phi) is 7.83. The van der Waals surface area contributed by atoms with Gasteiger partial charge in [-0.2, -0.15) is 0 Å². The van der Waals surface area contributed by atoms with Gasteiger partial charge in [0.05, 0.1) is 12.5 Å². The Bertz CT molecular complexity index is 575. The van der Waals surface area contributed by atoms with Crippen LogP contribution in [0.25, 0.3) is 0 Å². The Morgan fingerprint density at radius 2 is 1.84 bits per heavy atom.